The molecule has 1 unspecified atom stereocenters. The van der Waals surface area contributed by atoms with Crippen LogP contribution in [0.5, 0.6) is 0 Å². The van der Waals surface area contributed by atoms with Gasteiger partial charge >= 0.3 is 0 Å². The van der Waals surface area contributed by atoms with Gasteiger partial charge in [-0.05, 0) is 18.4 Å². The van der Waals surface area contributed by atoms with Gasteiger partial charge in [-0.25, -0.2) is 9.97 Å². The van der Waals surface area contributed by atoms with Gasteiger partial charge in [-0.2, -0.15) is 0 Å². The number of guanidine groups is 1. The summed E-state index contributed by atoms with van der Waals surface area (Å²) in [6.45, 7) is 15.1. The van der Waals surface area contributed by atoms with Crippen LogP contribution in [0.2, 0.25) is 0 Å². The molecule has 3 rings (SSSR count). The van der Waals surface area contributed by atoms with Crippen LogP contribution >= 0.6 is 0 Å². The predicted octanol–water partition coefficient (Wildman–Crippen LogP) is 0.511. The molecular weight excluding hydrogens is 392 g/mol. The number of hydrogen-bond donors (Lipinski definition) is 2. The Labute approximate surface area is 187 Å². The molecule has 2 fully saturated rings. The van der Waals surface area contributed by atoms with Crippen molar-refractivity contribution in [1.29, 1.82) is 0 Å². The number of hydrogen-bond acceptors (Lipinski definition) is 7. The van der Waals surface area contributed by atoms with E-state index in [2.05, 4.69) is 54.1 Å². The highest BCUT2D eigenvalue weighted by molar-refractivity contribution is 5.79. The van der Waals surface area contributed by atoms with E-state index in [1.807, 2.05) is 25.5 Å². The van der Waals surface area contributed by atoms with Gasteiger partial charge in [-0.1, -0.05) is 13.8 Å². The van der Waals surface area contributed by atoms with Crippen LogP contribution in [-0.2, 0) is 4.74 Å². The van der Waals surface area contributed by atoms with Crippen LogP contribution in [0, 0.1) is 5.92 Å². The average Bonchev–Trinajstić information content (AvgIpc) is 2.81. The third-order valence-corrected chi connectivity index (χ3v) is 5.96. The van der Waals surface area contributed by atoms with Gasteiger partial charge in [0.1, 0.15) is 0 Å². The number of nitrogens with one attached hydrogen (secondary N) is 2. The summed E-state index contributed by atoms with van der Waals surface area (Å²) in [6, 6.07) is 2.37. The first-order valence-electron chi connectivity index (χ1n) is 11.7. The second-order valence-electron chi connectivity index (χ2n) is 8.69. The van der Waals surface area contributed by atoms with Crippen LogP contribution in [0.15, 0.2) is 23.5 Å². The van der Waals surface area contributed by atoms with E-state index in [4.69, 9.17) is 4.74 Å². The molecule has 2 aliphatic heterocycles. The van der Waals surface area contributed by atoms with Crippen LogP contribution in [0.1, 0.15) is 20.3 Å². The van der Waals surface area contributed by atoms with Crippen molar-refractivity contribution in [2.24, 2.45) is 10.9 Å². The van der Waals surface area contributed by atoms with Gasteiger partial charge in [0.05, 0.1) is 13.2 Å². The monoisotopic (exact) mass is 432 g/mol. The number of rotatable bonds is 9. The standard InChI is InChI=1S/C22H40N8O/c1-19(2)17-20(29-13-15-31-16-14-29)18-27-21(23-3)24-7-8-28-9-11-30(12-10-28)22-25-5-4-6-26-22/h4-6,19-20H,7-18H2,1-3H3,(H2,23,24,27). The molecule has 1 aromatic rings. The van der Waals surface area contributed by atoms with E-state index in [0.29, 0.717) is 12.0 Å². The predicted molar refractivity (Wildman–Crippen MR) is 126 cm³/mol. The van der Waals surface area contributed by atoms with Crippen molar-refractivity contribution >= 4 is 11.9 Å². The summed E-state index contributed by atoms with van der Waals surface area (Å²) in [5, 5.41) is 7.04. The highest BCUT2D eigenvalue weighted by atomic mass is 16.5. The number of piperazine rings is 1. The largest absolute Gasteiger partial charge is 0.379 e. The third kappa shape index (κ3) is 7.90. The zero-order valence-corrected chi connectivity index (χ0v) is 19.5. The van der Waals surface area contributed by atoms with E-state index in [1.165, 1.54) is 6.42 Å². The molecule has 2 N–H and O–H groups in total. The summed E-state index contributed by atoms with van der Waals surface area (Å²) in [6.07, 6.45) is 4.80. The summed E-state index contributed by atoms with van der Waals surface area (Å²) in [5.74, 6) is 2.39. The second kappa shape index (κ2) is 12.8. The Morgan fingerprint density at radius 2 is 1.77 bits per heavy atom. The van der Waals surface area contributed by atoms with Gasteiger partial charge in [0.25, 0.3) is 0 Å². The van der Waals surface area contributed by atoms with Crippen LogP contribution in [0.25, 0.3) is 0 Å². The van der Waals surface area contributed by atoms with Gasteiger partial charge in [-0.15, -0.1) is 0 Å². The van der Waals surface area contributed by atoms with Gasteiger partial charge < -0.3 is 20.3 Å². The molecule has 1 atom stereocenters. The quantitative estimate of drug-likeness (QED) is 0.432. The summed E-state index contributed by atoms with van der Waals surface area (Å²) < 4.78 is 5.53. The minimum absolute atomic E-state index is 0.510. The Morgan fingerprint density at radius 1 is 1.06 bits per heavy atom. The molecule has 2 aliphatic rings. The number of aromatic nitrogens is 2. The zero-order chi connectivity index (χ0) is 21.9. The fraction of sp³-hybridized carbons (Fsp3) is 0.773. The first-order valence-corrected chi connectivity index (χ1v) is 11.7. The Hall–Kier alpha value is -1.97. The maximum atomic E-state index is 5.53. The highest BCUT2D eigenvalue weighted by Gasteiger charge is 2.22. The van der Waals surface area contributed by atoms with E-state index in [9.17, 15) is 0 Å². The van der Waals surface area contributed by atoms with Crippen molar-refractivity contribution in [1.82, 2.24) is 30.4 Å². The summed E-state index contributed by atoms with van der Waals surface area (Å²) in [5.41, 5.74) is 0. The van der Waals surface area contributed by atoms with Gasteiger partial charge in [-0.3, -0.25) is 14.8 Å². The molecule has 0 spiro atoms. The zero-order valence-electron chi connectivity index (χ0n) is 19.5. The first-order chi connectivity index (χ1) is 15.2. The Bertz CT molecular complexity index is 642. The summed E-state index contributed by atoms with van der Waals surface area (Å²) in [4.78, 5) is 20.4. The van der Waals surface area contributed by atoms with E-state index < -0.39 is 0 Å². The first kappa shape index (κ1) is 23.7. The SMILES string of the molecule is CN=C(NCCN1CCN(c2ncccn2)CC1)NCC(CC(C)C)N1CCOCC1. The van der Waals surface area contributed by atoms with Crippen LogP contribution in [0.3, 0.4) is 0 Å². The van der Waals surface area contributed by atoms with E-state index in [-0.39, 0.29) is 0 Å². The number of nitrogens with zero attached hydrogens (tertiary/aromatic N) is 6. The average molecular weight is 433 g/mol. The molecular formula is C22H40N8O. The highest BCUT2D eigenvalue weighted by Crippen LogP contribution is 2.13. The second-order valence-corrected chi connectivity index (χ2v) is 8.69. The van der Waals surface area contributed by atoms with E-state index in [0.717, 1.165) is 84.0 Å². The molecule has 3 heterocycles. The molecule has 0 amide bonds. The molecule has 174 valence electrons. The molecule has 31 heavy (non-hydrogen) atoms. The molecule has 0 saturated carbocycles. The number of aliphatic imine (C=N–C) groups is 1. The lowest BCUT2D eigenvalue weighted by Gasteiger charge is -2.36. The van der Waals surface area contributed by atoms with Gasteiger partial charge in [0.15, 0.2) is 5.96 Å². The number of ether oxygens (including phenoxy) is 1. The maximum absolute atomic E-state index is 5.53. The van der Waals surface area contributed by atoms with Crippen LogP contribution in [-0.4, -0.2) is 111 Å². The van der Waals surface area contributed by atoms with E-state index >= 15 is 0 Å². The Balaban J connectivity index is 1.36. The fourth-order valence-corrected chi connectivity index (χ4v) is 4.24. The van der Waals surface area contributed by atoms with Crippen molar-refractivity contribution in [3.63, 3.8) is 0 Å². The molecule has 9 nitrogen and oxygen atoms in total. The number of anilines is 1. The number of morpholine rings is 1. The van der Waals surface area contributed by atoms with E-state index in [1.54, 1.807) is 0 Å². The molecule has 0 aliphatic carbocycles. The topological polar surface area (TPSA) is 81.2 Å². The summed E-state index contributed by atoms with van der Waals surface area (Å²) >= 11 is 0. The van der Waals surface area contributed by atoms with Crippen molar-refractivity contribution in [3.8, 4) is 0 Å². The van der Waals surface area contributed by atoms with Gasteiger partial charge in [0, 0.05) is 84.4 Å². The smallest absolute Gasteiger partial charge is 0.225 e. The molecule has 0 bridgehead atoms. The fourth-order valence-electron chi connectivity index (χ4n) is 4.24. The molecule has 2 saturated heterocycles. The van der Waals surface area contributed by atoms with Crippen molar-refractivity contribution in [2.75, 3.05) is 84.1 Å². The molecule has 1 aromatic heterocycles. The summed E-state index contributed by atoms with van der Waals surface area (Å²) in [7, 11) is 1.85. The lowest BCUT2D eigenvalue weighted by Crippen LogP contribution is -2.52. The maximum Gasteiger partial charge on any atom is 0.225 e. The molecule has 0 aromatic carbocycles. The molecule has 0 radical (unpaired) electrons. The van der Waals surface area contributed by atoms with Crippen LogP contribution in [0.4, 0.5) is 5.95 Å². The minimum Gasteiger partial charge on any atom is -0.379 e. The van der Waals surface area contributed by atoms with Crippen molar-refractivity contribution < 1.29 is 4.74 Å². The minimum atomic E-state index is 0.510. The Kier molecular flexibility index (Phi) is 9.77. The normalized spacial score (nSPS) is 20.1. The van der Waals surface area contributed by atoms with Crippen LogP contribution < -0.4 is 15.5 Å². The third-order valence-electron chi connectivity index (χ3n) is 5.96. The van der Waals surface area contributed by atoms with Crippen molar-refractivity contribution in [2.45, 2.75) is 26.3 Å². The van der Waals surface area contributed by atoms with Crippen molar-refractivity contribution in [3.05, 3.63) is 18.5 Å². The Morgan fingerprint density at radius 3 is 2.42 bits per heavy atom. The van der Waals surface area contributed by atoms with Gasteiger partial charge in [0.2, 0.25) is 5.95 Å². The lowest BCUT2D eigenvalue weighted by atomic mass is 10.0. The molecule has 9 heteroatoms. The lowest BCUT2D eigenvalue weighted by molar-refractivity contribution is 0.0132.